The Bertz CT molecular complexity index is 438. The maximum Gasteiger partial charge on any atom is 0.0748 e. The van der Waals surface area contributed by atoms with Crippen molar-refractivity contribution < 1.29 is 4.74 Å². The average molecular weight is 341 g/mol. The van der Waals surface area contributed by atoms with Crippen molar-refractivity contribution in [1.29, 1.82) is 0 Å². The molecule has 20 heavy (non-hydrogen) atoms. The van der Waals surface area contributed by atoms with E-state index in [0.29, 0.717) is 12.1 Å². The summed E-state index contributed by atoms with van der Waals surface area (Å²) >= 11 is 3.60. The molecule has 2 unspecified atom stereocenters. The highest BCUT2D eigenvalue weighted by Crippen LogP contribution is 2.31. The third kappa shape index (κ3) is 3.74. The highest BCUT2D eigenvalue weighted by molar-refractivity contribution is 9.10. The molecule has 1 N–H and O–H groups in total. The lowest BCUT2D eigenvalue weighted by Crippen LogP contribution is -2.43. The minimum Gasteiger partial charge on any atom is -0.375 e. The molecule has 0 amide bonds. The number of hydrogen-bond donors (Lipinski definition) is 1. The molecule has 4 heteroatoms. The quantitative estimate of drug-likeness (QED) is 0.883. The summed E-state index contributed by atoms with van der Waals surface area (Å²) in [5, 5.41) is 3.51. The topological polar surface area (TPSA) is 24.5 Å². The van der Waals surface area contributed by atoms with Gasteiger partial charge in [-0.15, -0.1) is 0 Å². The summed E-state index contributed by atoms with van der Waals surface area (Å²) in [6.07, 6.45) is 1.42. The van der Waals surface area contributed by atoms with Crippen LogP contribution < -0.4 is 10.2 Å². The number of benzene rings is 1. The fraction of sp³-hybridized carbons (Fsp3) is 0.625. The van der Waals surface area contributed by atoms with Crippen LogP contribution in [0, 0.1) is 0 Å². The molecule has 1 fully saturated rings. The van der Waals surface area contributed by atoms with Gasteiger partial charge in [0.05, 0.1) is 12.7 Å². The van der Waals surface area contributed by atoms with Gasteiger partial charge in [-0.05, 0) is 37.6 Å². The second kappa shape index (κ2) is 7.43. The molecule has 0 saturated carbocycles. The molecule has 0 radical (unpaired) electrons. The van der Waals surface area contributed by atoms with Crippen LogP contribution in [-0.2, 0) is 4.74 Å². The first-order chi connectivity index (χ1) is 9.65. The van der Waals surface area contributed by atoms with Crippen molar-refractivity contribution in [2.45, 2.75) is 39.3 Å². The Labute approximate surface area is 130 Å². The van der Waals surface area contributed by atoms with Crippen molar-refractivity contribution in [1.82, 2.24) is 5.32 Å². The molecule has 0 aliphatic carbocycles. The van der Waals surface area contributed by atoms with Gasteiger partial charge in [0.1, 0.15) is 0 Å². The Balaban J connectivity index is 2.26. The molecule has 1 aromatic rings. The van der Waals surface area contributed by atoms with Gasteiger partial charge in [-0.1, -0.05) is 35.8 Å². The summed E-state index contributed by atoms with van der Waals surface area (Å²) in [4.78, 5) is 2.46. The summed E-state index contributed by atoms with van der Waals surface area (Å²) in [5.74, 6) is 0. The van der Waals surface area contributed by atoms with Crippen LogP contribution in [0.5, 0.6) is 0 Å². The van der Waals surface area contributed by atoms with Crippen molar-refractivity contribution in [3.63, 3.8) is 0 Å². The second-order valence-electron chi connectivity index (χ2n) is 5.33. The minimum atomic E-state index is 0.352. The summed E-state index contributed by atoms with van der Waals surface area (Å²) in [6.45, 7) is 10.3. The summed E-state index contributed by atoms with van der Waals surface area (Å²) in [6, 6.07) is 6.96. The van der Waals surface area contributed by atoms with E-state index in [1.165, 1.54) is 11.3 Å². The van der Waals surface area contributed by atoms with E-state index in [9.17, 15) is 0 Å². The lowest BCUT2D eigenvalue weighted by atomic mass is 10.0. The maximum absolute atomic E-state index is 5.79. The molecule has 2 rings (SSSR count). The smallest absolute Gasteiger partial charge is 0.0748 e. The lowest BCUT2D eigenvalue weighted by molar-refractivity contribution is 0.0383. The molecule has 1 aliphatic rings. The summed E-state index contributed by atoms with van der Waals surface area (Å²) in [7, 11) is 0. The first-order valence-electron chi connectivity index (χ1n) is 7.55. The maximum atomic E-state index is 5.79. The molecule has 1 aliphatic heterocycles. The predicted octanol–water partition coefficient (Wildman–Crippen LogP) is 3.73. The molecule has 3 nitrogen and oxygen atoms in total. The van der Waals surface area contributed by atoms with Crippen LogP contribution in [0.25, 0.3) is 0 Å². The molecule has 1 saturated heterocycles. The summed E-state index contributed by atoms with van der Waals surface area (Å²) < 4.78 is 6.93. The fourth-order valence-electron chi connectivity index (χ4n) is 2.76. The van der Waals surface area contributed by atoms with E-state index >= 15 is 0 Å². The van der Waals surface area contributed by atoms with Crippen LogP contribution in [-0.4, -0.2) is 32.3 Å². The number of rotatable bonds is 5. The van der Waals surface area contributed by atoms with Gasteiger partial charge in [-0.3, -0.25) is 0 Å². The fourth-order valence-corrected chi connectivity index (χ4v) is 3.11. The number of hydrogen-bond acceptors (Lipinski definition) is 3. The van der Waals surface area contributed by atoms with Crippen LogP contribution >= 0.6 is 15.9 Å². The zero-order chi connectivity index (χ0) is 14.5. The van der Waals surface area contributed by atoms with Crippen molar-refractivity contribution in [3.05, 3.63) is 28.2 Å². The molecule has 112 valence electrons. The molecular formula is C16H25BrN2O. The normalized spacial score (nSPS) is 21.0. The molecular weight excluding hydrogens is 316 g/mol. The third-order valence-corrected chi connectivity index (χ3v) is 4.40. The molecule has 1 aromatic carbocycles. The lowest BCUT2D eigenvalue weighted by Gasteiger charge is -2.36. The van der Waals surface area contributed by atoms with E-state index in [1.807, 2.05) is 0 Å². The van der Waals surface area contributed by atoms with Gasteiger partial charge in [0.15, 0.2) is 0 Å². The number of ether oxygens (including phenoxy) is 1. The van der Waals surface area contributed by atoms with E-state index < -0.39 is 0 Å². The van der Waals surface area contributed by atoms with E-state index in [1.54, 1.807) is 0 Å². The van der Waals surface area contributed by atoms with Crippen molar-refractivity contribution in [3.8, 4) is 0 Å². The van der Waals surface area contributed by atoms with E-state index in [2.05, 4.69) is 65.1 Å². The second-order valence-corrected chi connectivity index (χ2v) is 6.25. The van der Waals surface area contributed by atoms with E-state index in [4.69, 9.17) is 4.74 Å². The van der Waals surface area contributed by atoms with Gasteiger partial charge in [-0.25, -0.2) is 0 Å². The minimum absolute atomic E-state index is 0.352. The van der Waals surface area contributed by atoms with Crippen LogP contribution in [0.1, 0.15) is 38.8 Å². The van der Waals surface area contributed by atoms with Crippen LogP contribution in [0.4, 0.5) is 5.69 Å². The monoisotopic (exact) mass is 340 g/mol. The molecule has 0 spiro atoms. The number of morpholine rings is 1. The number of halogens is 1. The van der Waals surface area contributed by atoms with Crippen molar-refractivity contribution >= 4 is 21.6 Å². The Morgan fingerprint density at radius 1 is 1.45 bits per heavy atom. The Hall–Kier alpha value is -0.580. The third-order valence-electron chi connectivity index (χ3n) is 3.90. The van der Waals surface area contributed by atoms with E-state index in [-0.39, 0.29) is 0 Å². The van der Waals surface area contributed by atoms with Gasteiger partial charge in [0.2, 0.25) is 0 Å². The zero-order valence-electron chi connectivity index (χ0n) is 12.7. The molecule has 1 heterocycles. The summed E-state index contributed by atoms with van der Waals surface area (Å²) in [5.41, 5.74) is 2.70. The number of anilines is 1. The van der Waals surface area contributed by atoms with Gasteiger partial charge < -0.3 is 15.0 Å². The molecule has 0 aromatic heterocycles. The standard InChI is InChI=1S/C16H25BrN2O/c1-4-14-11-19(8-9-20-14)16-10-13(17)6-7-15(16)12(3)18-5-2/h6-7,10,12,14,18H,4-5,8-9,11H2,1-3H3. The largest absolute Gasteiger partial charge is 0.375 e. The van der Waals surface area contributed by atoms with Crippen molar-refractivity contribution in [2.75, 3.05) is 31.1 Å². The van der Waals surface area contributed by atoms with Crippen LogP contribution in [0.15, 0.2) is 22.7 Å². The van der Waals surface area contributed by atoms with Gasteiger partial charge >= 0.3 is 0 Å². The predicted molar refractivity (Wildman–Crippen MR) is 88.5 cm³/mol. The molecule has 0 bridgehead atoms. The number of nitrogens with zero attached hydrogens (tertiary/aromatic N) is 1. The average Bonchev–Trinajstić information content (AvgIpc) is 2.47. The highest BCUT2D eigenvalue weighted by Gasteiger charge is 2.22. The van der Waals surface area contributed by atoms with Gasteiger partial charge in [0, 0.05) is 29.3 Å². The Morgan fingerprint density at radius 2 is 2.25 bits per heavy atom. The Kier molecular flexibility index (Phi) is 5.87. The van der Waals surface area contributed by atoms with Crippen LogP contribution in [0.3, 0.4) is 0 Å². The van der Waals surface area contributed by atoms with Gasteiger partial charge in [-0.2, -0.15) is 0 Å². The zero-order valence-corrected chi connectivity index (χ0v) is 14.2. The highest BCUT2D eigenvalue weighted by atomic mass is 79.9. The SMILES string of the molecule is CCNC(C)c1ccc(Br)cc1N1CCOC(CC)C1. The number of nitrogens with one attached hydrogen (secondary N) is 1. The first-order valence-corrected chi connectivity index (χ1v) is 8.34. The molecule has 2 atom stereocenters. The Morgan fingerprint density at radius 3 is 2.95 bits per heavy atom. The first kappa shape index (κ1) is 15.8. The van der Waals surface area contributed by atoms with Crippen molar-refractivity contribution in [2.24, 2.45) is 0 Å². The van der Waals surface area contributed by atoms with E-state index in [0.717, 1.165) is 37.1 Å². The van der Waals surface area contributed by atoms with Gasteiger partial charge in [0.25, 0.3) is 0 Å². The van der Waals surface area contributed by atoms with Crippen LogP contribution in [0.2, 0.25) is 0 Å².